The monoisotopic (exact) mass is 329 g/mol. The van der Waals surface area contributed by atoms with E-state index in [0.29, 0.717) is 17.2 Å². The van der Waals surface area contributed by atoms with Crippen LogP contribution in [0.3, 0.4) is 0 Å². The van der Waals surface area contributed by atoms with Gasteiger partial charge in [0.1, 0.15) is 10.8 Å². The van der Waals surface area contributed by atoms with Crippen LogP contribution in [0.15, 0.2) is 28.1 Å². The number of thiazole rings is 1. The molecular formula is C12H9BrFNO2S. The molecular weight excluding hydrogens is 321 g/mol. The van der Waals surface area contributed by atoms with E-state index in [0.717, 1.165) is 4.47 Å². The Morgan fingerprint density at radius 2 is 2.33 bits per heavy atom. The number of halogens is 2. The molecule has 0 atom stereocenters. The molecule has 3 nitrogen and oxygen atoms in total. The zero-order chi connectivity index (χ0) is 13.1. The van der Waals surface area contributed by atoms with Gasteiger partial charge in [-0.2, -0.15) is 0 Å². The van der Waals surface area contributed by atoms with Crippen LogP contribution >= 0.6 is 27.3 Å². The van der Waals surface area contributed by atoms with E-state index < -0.39 is 5.97 Å². The molecule has 18 heavy (non-hydrogen) atoms. The fourth-order valence-corrected chi connectivity index (χ4v) is 2.74. The second-order valence-corrected chi connectivity index (χ2v) is 5.09. The van der Waals surface area contributed by atoms with E-state index in [9.17, 15) is 9.18 Å². The Morgan fingerprint density at radius 1 is 1.56 bits per heavy atom. The molecule has 1 heterocycles. The molecule has 0 aliphatic heterocycles. The van der Waals surface area contributed by atoms with Crippen molar-refractivity contribution in [3.8, 4) is 10.6 Å². The molecule has 0 aliphatic rings. The summed E-state index contributed by atoms with van der Waals surface area (Å²) in [5.41, 5.74) is 0.864. The van der Waals surface area contributed by atoms with E-state index in [1.807, 2.05) is 0 Å². The molecule has 0 unspecified atom stereocenters. The number of esters is 1. The van der Waals surface area contributed by atoms with E-state index in [4.69, 9.17) is 4.74 Å². The second-order valence-electron chi connectivity index (χ2n) is 3.38. The lowest BCUT2D eigenvalue weighted by Crippen LogP contribution is -2.04. The Labute approximate surface area is 116 Å². The lowest BCUT2D eigenvalue weighted by molar-refractivity contribution is 0.0520. The van der Waals surface area contributed by atoms with Crippen LogP contribution in [0.5, 0.6) is 0 Å². The van der Waals surface area contributed by atoms with E-state index in [2.05, 4.69) is 20.9 Å². The van der Waals surface area contributed by atoms with Crippen LogP contribution in [-0.2, 0) is 4.74 Å². The molecule has 0 saturated carbocycles. The molecule has 2 rings (SSSR count). The lowest BCUT2D eigenvalue weighted by atomic mass is 10.2. The van der Waals surface area contributed by atoms with Gasteiger partial charge < -0.3 is 4.74 Å². The molecule has 1 aromatic heterocycles. The molecule has 0 saturated heterocycles. The molecule has 0 fully saturated rings. The second kappa shape index (κ2) is 5.58. The summed E-state index contributed by atoms with van der Waals surface area (Å²) in [5, 5.41) is 2.18. The van der Waals surface area contributed by atoms with E-state index in [1.165, 1.54) is 23.5 Å². The van der Waals surface area contributed by atoms with Gasteiger partial charge in [-0.3, -0.25) is 0 Å². The Hall–Kier alpha value is -1.27. The number of nitrogens with zero attached hydrogens (tertiary/aromatic N) is 1. The highest BCUT2D eigenvalue weighted by Crippen LogP contribution is 2.31. The Morgan fingerprint density at radius 3 is 3.06 bits per heavy atom. The lowest BCUT2D eigenvalue weighted by Gasteiger charge is -2.00. The maximum atomic E-state index is 13.2. The van der Waals surface area contributed by atoms with Crippen molar-refractivity contribution in [1.82, 2.24) is 4.98 Å². The van der Waals surface area contributed by atoms with Crippen molar-refractivity contribution >= 4 is 33.2 Å². The summed E-state index contributed by atoms with van der Waals surface area (Å²) in [7, 11) is 0. The molecule has 0 spiro atoms. The zero-order valence-electron chi connectivity index (χ0n) is 9.44. The molecule has 2 aromatic rings. The van der Waals surface area contributed by atoms with Crippen molar-refractivity contribution < 1.29 is 13.9 Å². The first-order chi connectivity index (χ1) is 8.61. The maximum Gasteiger partial charge on any atom is 0.357 e. The third-order valence-corrected chi connectivity index (χ3v) is 3.71. The highest BCUT2D eigenvalue weighted by Gasteiger charge is 2.14. The Kier molecular flexibility index (Phi) is 4.08. The first kappa shape index (κ1) is 13.2. The topological polar surface area (TPSA) is 39.2 Å². The minimum absolute atomic E-state index is 0.244. The predicted molar refractivity (Wildman–Crippen MR) is 71.2 cm³/mol. The van der Waals surface area contributed by atoms with Gasteiger partial charge in [0.05, 0.1) is 6.61 Å². The van der Waals surface area contributed by atoms with E-state index in [-0.39, 0.29) is 11.5 Å². The minimum Gasteiger partial charge on any atom is -0.461 e. The number of benzene rings is 1. The molecule has 6 heteroatoms. The highest BCUT2D eigenvalue weighted by molar-refractivity contribution is 9.10. The van der Waals surface area contributed by atoms with Crippen LogP contribution in [0, 0.1) is 5.82 Å². The van der Waals surface area contributed by atoms with Crippen molar-refractivity contribution in [2.24, 2.45) is 0 Å². The number of carbonyl (C=O) groups is 1. The minimum atomic E-state index is -0.465. The fraction of sp³-hybridized carbons (Fsp3) is 0.167. The number of rotatable bonds is 3. The van der Waals surface area contributed by atoms with Gasteiger partial charge in [0.15, 0.2) is 5.69 Å². The van der Waals surface area contributed by atoms with Crippen molar-refractivity contribution in [2.75, 3.05) is 6.61 Å². The van der Waals surface area contributed by atoms with Gasteiger partial charge >= 0.3 is 5.97 Å². The SMILES string of the molecule is CCOC(=O)c1csc(-c2cc(F)ccc2Br)n1. The summed E-state index contributed by atoms with van der Waals surface area (Å²) in [4.78, 5) is 15.6. The number of carbonyl (C=O) groups excluding carboxylic acids is 1. The van der Waals surface area contributed by atoms with Gasteiger partial charge in [-0.05, 0) is 25.1 Å². The van der Waals surface area contributed by atoms with Gasteiger partial charge in [-0.1, -0.05) is 15.9 Å². The van der Waals surface area contributed by atoms with Crippen LogP contribution in [0.2, 0.25) is 0 Å². The normalized spacial score (nSPS) is 10.4. The van der Waals surface area contributed by atoms with Crippen molar-refractivity contribution in [2.45, 2.75) is 6.92 Å². The summed E-state index contributed by atoms with van der Waals surface area (Å²) in [6.45, 7) is 2.03. The third kappa shape index (κ3) is 2.76. The molecule has 1 aromatic carbocycles. The number of hydrogen-bond donors (Lipinski definition) is 0. The van der Waals surface area contributed by atoms with Crippen LogP contribution in [0.1, 0.15) is 17.4 Å². The average molecular weight is 330 g/mol. The van der Waals surface area contributed by atoms with Crippen LogP contribution in [-0.4, -0.2) is 17.6 Å². The third-order valence-electron chi connectivity index (χ3n) is 2.15. The van der Waals surface area contributed by atoms with Crippen molar-refractivity contribution in [3.63, 3.8) is 0 Å². The van der Waals surface area contributed by atoms with Crippen molar-refractivity contribution in [3.05, 3.63) is 39.6 Å². The van der Waals surface area contributed by atoms with E-state index in [1.54, 1.807) is 18.4 Å². The maximum absolute atomic E-state index is 13.2. The van der Waals surface area contributed by atoms with Gasteiger partial charge in [0.2, 0.25) is 0 Å². The molecule has 0 bridgehead atoms. The number of aromatic nitrogens is 1. The molecule has 0 N–H and O–H groups in total. The number of hydrogen-bond acceptors (Lipinski definition) is 4. The average Bonchev–Trinajstić information content (AvgIpc) is 2.82. The number of ether oxygens (including phenoxy) is 1. The van der Waals surface area contributed by atoms with Gasteiger partial charge in [0, 0.05) is 15.4 Å². The van der Waals surface area contributed by atoms with Gasteiger partial charge in [-0.25, -0.2) is 14.2 Å². The van der Waals surface area contributed by atoms with Crippen LogP contribution < -0.4 is 0 Å². The first-order valence-corrected chi connectivity index (χ1v) is 6.87. The molecule has 0 radical (unpaired) electrons. The summed E-state index contributed by atoms with van der Waals surface area (Å²) in [6.07, 6.45) is 0. The highest BCUT2D eigenvalue weighted by atomic mass is 79.9. The van der Waals surface area contributed by atoms with E-state index >= 15 is 0 Å². The molecule has 0 amide bonds. The van der Waals surface area contributed by atoms with Gasteiger partial charge in [0.25, 0.3) is 0 Å². The smallest absolute Gasteiger partial charge is 0.357 e. The van der Waals surface area contributed by atoms with Crippen LogP contribution in [0.25, 0.3) is 10.6 Å². The fourth-order valence-electron chi connectivity index (χ4n) is 1.36. The quantitative estimate of drug-likeness (QED) is 0.802. The first-order valence-electron chi connectivity index (χ1n) is 5.20. The van der Waals surface area contributed by atoms with Gasteiger partial charge in [-0.15, -0.1) is 11.3 Å². The van der Waals surface area contributed by atoms with Crippen molar-refractivity contribution in [1.29, 1.82) is 0 Å². The summed E-state index contributed by atoms with van der Waals surface area (Å²) in [6, 6.07) is 4.33. The zero-order valence-corrected chi connectivity index (χ0v) is 11.8. The van der Waals surface area contributed by atoms with Crippen LogP contribution in [0.4, 0.5) is 4.39 Å². The summed E-state index contributed by atoms with van der Waals surface area (Å²) < 4.78 is 18.8. The summed E-state index contributed by atoms with van der Waals surface area (Å²) in [5.74, 6) is -0.811. The molecule has 94 valence electrons. The Bertz CT molecular complexity index is 585. The predicted octanol–water partition coefficient (Wildman–Crippen LogP) is 3.89. The Balaban J connectivity index is 2.35. The standard InChI is InChI=1S/C12H9BrFNO2S/c1-2-17-12(16)10-6-18-11(15-10)8-5-7(14)3-4-9(8)13/h3-6H,2H2,1H3. The largest absolute Gasteiger partial charge is 0.461 e. The molecule has 0 aliphatic carbocycles. The summed E-state index contributed by atoms with van der Waals surface area (Å²) >= 11 is 4.60.